The quantitative estimate of drug-likeness (QED) is 0.887. The summed E-state index contributed by atoms with van der Waals surface area (Å²) in [6, 6.07) is 2.02. The minimum Gasteiger partial charge on any atom is -0.391 e. The van der Waals surface area contributed by atoms with Crippen LogP contribution in [0.2, 0.25) is 0 Å². The standard InChI is InChI=1S/C12H17F2NO3S/c1-12(2,3)11(16)7-15-19(17,18)10-5-8(13)4-9(14)6-10/h4-6,11,15-16H,7H2,1-3H3. The molecule has 4 nitrogen and oxygen atoms in total. The first-order chi connectivity index (χ1) is 8.52. The highest BCUT2D eigenvalue weighted by Gasteiger charge is 2.25. The SMILES string of the molecule is CC(C)(C)C(O)CNS(=O)(=O)c1cc(F)cc(F)c1. The maximum Gasteiger partial charge on any atom is 0.240 e. The first kappa shape index (κ1) is 16.0. The molecule has 0 bridgehead atoms. The molecule has 0 radical (unpaired) electrons. The molecule has 0 amide bonds. The van der Waals surface area contributed by atoms with Gasteiger partial charge in [0, 0.05) is 12.6 Å². The van der Waals surface area contributed by atoms with Gasteiger partial charge in [0.2, 0.25) is 10.0 Å². The smallest absolute Gasteiger partial charge is 0.240 e. The van der Waals surface area contributed by atoms with Gasteiger partial charge in [-0.05, 0) is 17.5 Å². The van der Waals surface area contributed by atoms with E-state index >= 15 is 0 Å². The van der Waals surface area contributed by atoms with Crippen molar-refractivity contribution in [3.05, 3.63) is 29.8 Å². The van der Waals surface area contributed by atoms with Crippen LogP contribution in [0.5, 0.6) is 0 Å². The molecule has 0 aromatic heterocycles. The lowest BCUT2D eigenvalue weighted by Crippen LogP contribution is -2.39. The van der Waals surface area contributed by atoms with Crippen molar-refractivity contribution in [2.45, 2.75) is 31.8 Å². The summed E-state index contributed by atoms with van der Waals surface area (Å²) in [6.07, 6.45) is -0.916. The highest BCUT2D eigenvalue weighted by atomic mass is 32.2. The van der Waals surface area contributed by atoms with E-state index in [1.165, 1.54) is 0 Å². The summed E-state index contributed by atoms with van der Waals surface area (Å²) in [5.41, 5.74) is -0.504. The summed E-state index contributed by atoms with van der Waals surface area (Å²) in [6.45, 7) is 5.00. The largest absolute Gasteiger partial charge is 0.391 e. The van der Waals surface area contributed by atoms with Crippen LogP contribution in [-0.2, 0) is 10.0 Å². The van der Waals surface area contributed by atoms with Gasteiger partial charge in [-0.2, -0.15) is 0 Å². The number of halogens is 2. The second-order valence-corrected chi connectivity index (χ2v) is 7.11. The number of hydrogen-bond donors (Lipinski definition) is 2. The lowest BCUT2D eigenvalue weighted by molar-refractivity contribution is 0.0677. The number of benzene rings is 1. The zero-order chi connectivity index (χ0) is 14.8. The molecular weight excluding hydrogens is 276 g/mol. The van der Waals surface area contributed by atoms with Crippen molar-refractivity contribution in [2.75, 3.05) is 6.54 Å². The summed E-state index contributed by atoms with van der Waals surface area (Å²) in [5.74, 6) is -1.95. The van der Waals surface area contributed by atoms with Gasteiger partial charge in [-0.1, -0.05) is 20.8 Å². The number of sulfonamides is 1. The van der Waals surface area contributed by atoms with Crippen molar-refractivity contribution in [1.82, 2.24) is 4.72 Å². The predicted molar refractivity (Wildman–Crippen MR) is 67.0 cm³/mol. The molecule has 0 fully saturated rings. The maximum absolute atomic E-state index is 13.0. The van der Waals surface area contributed by atoms with Crippen LogP contribution < -0.4 is 4.72 Å². The third kappa shape index (κ3) is 4.52. The summed E-state index contributed by atoms with van der Waals surface area (Å²) < 4.78 is 51.7. The second-order valence-electron chi connectivity index (χ2n) is 5.34. The van der Waals surface area contributed by atoms with E-state index < -0.39 is 38.1 Å². The van der Waals surface area contributed by atoms with Crippen LogP contribution in [0, 0.1) is 17.0 Å². The first-order valence-corrected chi connectivity index (χ1v) is 7.14. The number of nitrogens with one attached hydrogen (secondary N) is 1. The molecule has 0 aliphatic rings. The van der Waals surface area contributed by atoms with Gasteiger partial charge < -0.3 is 5.11 Å². The summed E-state index contributed by atoms with van der Waals surface area (Å²) in [7, 11) is -4.05. The molecule has 0 heterocycles. The van der Waals surface area contributed by atoms with Gasteiger partial charge in [0.1, 0.15) is 11.6 Å². The molecule has 0 aliphatic heterocycles. The van der Waals surface area contributed by atoms with Crippen LogP contribution in [0.25, 0.3) is 0 Å². The average Bonchev–Trinajstić information content (AvgIpc) is 2.23. The zero-order valence-electron chi connectivity index (χ0n) is 10.9. The highest BCUT2D eigenvalue weighted by molar-refractivity contribution is 7.89. The van der Waals surface area contributed by atoms with Crippen molar-refractivity contribution >= 4 is 10.0 Å². The van der Waals surface area contributed by atoms with Crippen LogP contribution in [0.1, 0.15) is 20.8 Å². The summed E-state index contributed by atoms with van der Waals surface area (Å²) in [4.78, 5) is -0.508. The van der Waals surface area contributed by atoms with E-state index in [4.69, 9.17) is 0 Å². The van der Waals surface area contributed by atoms with E-state index in [0.717, 1.165) is 12.1 Å². The first-order valence-electron chi connectivity index (χ1n) is 5.66. The van der Waals surface area contributed by atoms with E-state index in [-0.39, 0.29) is 6.54 Å². The van der Waals surface area contributed by atoms with Crippen molar-refractivity contribution in [1.29, 1.82) is 0 Å². The van der Waals surface area contributed by atoms with Crippen molar-refractivity contribution in [3.8, 4) is 0 Å². The molecule has 1 rings (SSSR count). The Morgan fingerprint density at radius 3 is 2.11 bits per heavy atom. The van der Waals surface area contributed by atoms with Crippen LogP contribution in [0.4, 0.5) is 8.78 Å². The molecule has 1 atom stereocenters. The Hall–Kier alpha value is -1.05. The summed E-state index contributed by atoms with van der Waals surface area (Å²) >= 11 is 0. The van der Waals surface area contributed by atoms with Crippen molar-refractivity contribution in [2.24, 2.45) is 5.41 Å². The monoisotopic (exact) mass is 293 g/mol. The van der Waals surface area contributed by atoms with E-state index in [1.54, 1.807) is 20.8 Å². The lowest BCUT2D eigenvalue weighted by atomic mass is 9.89. The van der Waals surface area contributed by atoms with E-state index in [9.17, 15) is 22.3 Å². The molecular formula is C12H17F2NO3S. The molecule has 0 saturated heterocycles. The topological polar surface area (TPSA) is 66.4 Å². The highest BCUT2D eigenvalue weighted by Crippen LogP contribution is 2.19. The zero-order valence-corrected chi connectivity index (χ0v) is 11.8. The van der Waals surface area contributed by atoms with Crippen LogP contribution in [-0.4, -0.2) is 26.2 Å². The van der Waals surface area contributed by atoms with E-state index in [0.29, 0.717) is 6.07 Å². The molecule has 1 aromatic rings. The van der Waals surface area contributed by atoms with Crippen LogP contribution in [0.3, 0.4) is 0 Å². The molecule has 1 unspecified atom stereocenters. The number of rotatable bonds is 4. The molecule has 2 N–H and O–H groups in total. The van der Waals surface area contributed by atoms with Gasteiger partial charge in [0.25, 0.3) is 0 Å². The molecule has 0 aliphatic carbocycles. The van der Waals surface area contributed by atoms with E-state index in [1.807, 2.05) is 0 Å². The fourth-order valence-corrected chi connectivity index (χ4v) is 2.34. The second kappa shape index (κ2) is 5.52. The van der Waals surface area contributed by atoms with Crippen LogP contribution in [0.15, 0.2) is 23.1 Å². The van der Waals surface area contributed by atoms with Gasteiger partial charge in [0.05, 0.1) is 11.0 Å². The fraction of sp³-hybridized carbons (Fsp3) is 0.500. The Kier molecular flexibility index (Phi) is 4.65. The van der Waals surface area contributed by atoms with Crippen molar-refractivity contribution < 1.29 is 22.3 Å². The Bertz CT molecular complexity index is 532. The maximum atomic E-state index is 13.0. The molecule has 0 spiro atoms. The van der Waals surface area contributed by atoms with Crippen molar-refractivity contribution in [3.63, 3.8) is 0 Å². The molecule has 108 valence electrons. The third-order valence-electron chi connectivity index (χ3n) is 2.61. The number of aliphatic hydroxyl groups is 1. The Balaban J connectivity index is 2.88. The summed E-state index contributed by atoms with van der Waals surface area (Å²) in [5, 5.41) is 9.73. The van der Waals surface area contributed by atoms with Gasteiger partial charge in [-0.15, -0.1) is 0 Å². The lowest BCUT2D eigenvalue weighted by Gasteiger charge is -2.25. The Labute approximate surface area is 111 Å². The fourth-order valence-electron chi connectivity index (χ4n) is 1.26. The van der Waals surface area contributed by atoms with Crippen LogP contribution >= 0.6 is 0 Å². The minimum atomic E-state index is -4.05. The average molecular weight is 293 g/mol. The van der Waals surface area contributed by atoms with E-state index in [2.05, 4.69) is 4.72 Å². The number of hydrogen-bond acceptors (Lipinski definition) is 3. The number of aliphatic hydroxyl groups excluding tert-OH is 1. The Morgan fingerprint density at radius 1 is 1.21 bits per heavy atom. The minimum absolute atomic E-state index is 0.232. The van der Waals surface area contributed by atoms with Gasteiger partial charge in [-0.3, -0.25) is 0 Å². The predicted octanol–water partition coefficient (Wildman–Crippen LogP) is 1.65. The van der Waals surface area contributed by atoms with Gasteiger partial charge in [0.15, 0.2) is 0 Å². The third-order valence-corrected chi connectivity index (χ3v) is 4.02. The molecule has 0 saturated carbocycles. The molecule has 1 aromatic carbocycles. The molecule has 19 heavy (non-hydrogen) atoms. The normalized spacial score (nSPS) is 14.4. The van der Waals surface area contributed by atoms with Gasteiger partial charge >= 0.3 is 0 Å². The van der Waals surface area contributed by atoms with Gasteiger partial charge in [-0.25, -0.2) is 21.9 Å². The molecule has 7 heteroatoms. The Morgan fingerprint density at radius 2 is 1.68 bits per heavy atom.